The van der Waals surface area contributed by atoms with Crippen LogP contribution in [-0.2, 0) is 27.7 Å². The van der Waals surface area contributed by atoms with E-state index in [1.165, 1.54) is 11.0 Å². The van der Waals surface area contributed by atoms with Crippen molar-refractivity contribution in [3.05, 3.63) is 58.8 Å². The van der Waals surface area contributed by atoms with Crippen molar-refractivity contribution in [2.75, 3.05) is 18.0 Å². The summed E-state index contributed by atoms with van der Waals surface area (Å²) in [6, 6.07) is 8.47. The average molecular weight is 484 g/mol. The molecule has 0 unspecified atom stereocenters. The highest BCUT2D eigenvalue weighted by molar-refractivity contribution is 7.92. The third kappa shape index (κ3) is 3.71. The van der Waals surface area contributed by atoms with Crippen LogP contribution in [0.4, 0.5) is 5.82 Å². The second-order valence-electron chi connectivity index (χ2n) is 7.89. The molecule has 1 amide bonds. The Bertz CT molecular complexity index is 1390. The zero-order valence-corrected chi connectivity index (χ0v) is 18.9. The molecule has 168 valence electrons. The van der Waals surface area contributed by atoms with Crippen molar-refractivity contribution in [3.63, 3.8) is 0 Å². The first-order chi connectivity index (χ1) is 15.9. The van der Waals surface area contributed by atoms with Gasteiger partial charge < -0.3 is 9.80 Å². The molecule has 2 aliphatic heterocycles. The Morgan fingerprint density at radius 2 is 2.09 bits per heavy atom. The van der Waals surface area contributed by atoms with Gasteiger partial charge in [-0.25, -0.2) is 23.1 Å². The van der Waals surface area contributed by atoms with Gasteiger partial charge in [-0.3, -0.25) is 4.79 Å². The number of hydrogen-bond donors (Lipinski definition) is 0. The number of sulfone groups is 1. The van der Waals surface area contributed by atoms with Gasteiger partial charge in [0.25, 0.3) is 0 Å². The molecule has 0 bridgehead atoms. The summed E-state index contributed by atoms with van der Waals surface area (Å²) in [6.07, 6.45) is 4.49. The Balaban J connectivity index is 1.43. The van der Waals surface area contributed by atoms with Gasteiger partial charge in [-0.15, -0.1) is 0 Å². The van der Waals surface area contributed by atoms with Crippen LogP contribution in [0.25, 0.3) is 5.69 Å². The number of aromatic nitrogens is 4. The number of benzene rings is 1. The summed E-state index contributed by atoms with van der Waals surface area (Å²) in [5.41, 5.74) is 2.03. The van der Waals surface area contributed by atoms with Crippen LogP contribution in [-0.4, -0.2) is 57.8 Å². The Labute approximate surface area is 195 Å². The van der Waals surface area contributed by atoms with E-state index in [0.29, 0.717) is 43.3 Å². The van der Waals surface area contributed by atoms with E-state index in [4.69, 9.17) is 11.6 Å². The quantitative estimate of drug-likeness (QED) is 0.502. The molecular weight excluding hydrogens is 466 g/mol. The van der Waals surface area contributed by atoms with Gasteiger partial charge in [-0.2, -0.15) is 10.4 Å². The molecule has 1 aromatic carbocycles. The molecule has 5 rings (SSSR count). The predicted molar refractivity (Wildman–Crippen MR) is 118 cm³/mol. The number of anilines is 1. The number of nitrogens with zero attached hydrogens (tertiary/aromatic N) is 7. The lowest BCUT2D eigenvalue weighted by molar-refractivity contribution is -0.118. The van der Waals surface area contributed by atoms with Crippen molar-refractivity contribution in [1.29, 1.82) is 5.26 Å². The fourth-order valence-corrected chi connectivity index (χ4v) is 6.52. The molecule has 0 aliphatic carbocycles. The van der Waals surface area contributed by atoms with Crippen molar-refractivity contribution in [2.24, 2.45) is 0 Å². The topological polar surface area (TPSA) is 125 Å². The van der Waals surface area contributed by atoms with Gasteiger partial charge in [0.15, 0.2) is 9.84 Å². The van der Waals surface area contributed by atoms with Crippen molar-refractivity contribution >= 4 is 33.7 Å². The van der Waals surface area contributed by atoms with Gasteiger partial charge in [0.05, 0.1) is 39.6 Å². The zero-order chi connectivity index (χ0) is 23.2. The van der Waals surface area contributed by atoms with E-state index in [9.17, 15) is 18.5 Å². The van der Waals surface area contributed by atoms with Crippen molar-refractivity contribution in [3.8, 4) is 11.8 Å². The number of fused-ring (bicyclic) bond motifs is 1. The Hall–Kier alpha value is -3.49. The summed E-state index contributed by atoms with van der Waals surface area (Å²) in [5, 5.41) is 12.9. The van der Waals surface area contributed by atoms with Crippen LogP contribution < -0.4 is 4.90 Å². The molecule has 1 fully saturated rings. The number of halogens is 1. The van der Waals surface area contributed by atoms with Gasteiger partial charge in [-0.1, -0.05) is 11.6 Å². The highest BCUT2D eigenvalue weighted by Gasteiger charge is 2.38. The molecule has 1 atom stereocenters. The third-order valence-electron chi connectivity index (χ3n) is 5.91. The van der Waals surface area contributed by atoms with E-state index >= 15 is 0 Å². The van der Waals surface area contributed by atoms with Crippen LogP contribution in [0.2, 0.25) is 5.02 Å². The van der Waals surface area contributed by atoms with Gasteiger partial charge in [0, 0.05) is 31.0 Å². The predicted octanol–water partition coefficient (Wildman–Crippen LogP) is 1.71. The Morgan fingerprint density at radius 1 is 1.24 bits per heavy atom. The van der Waals surface area contributed by atoms with Crippen molar-refractivity contribution < 1.29 is 13.2 Å². The fraction of sp³-hybridized carbons (Fsp3) is 0.286. The molecule has 0 radical (unpaired) electrons. The number of hydrogen-bond acceptors (Lipinski definition) is 8. The SMILES string of the molecule is N#Cc1nc2c(c(N3CC[C@H](S(=O)(=O)c4ccc(-n5cccn5)cc4Cl)C3)n1)CN(C=O)C2. The van der Waals surface area contributed by atoms with Crippen LogP contribution in [0.15, 0.2) is 41.6 Å². The largest absolute Gasteiger partial charge is 0.355 e. The second kappa shape index (κ2) is 8.13. The first-order valence-corrected chi connectivity index (χ1v) is 12.1. The molecule has 12 heteroatoms. The second-order valence-corrected chi connectivity index (χ2v) is 10.5. The maximum Gasteiger partial charge on any atom is 0.234 e. The van der Waals surface area contributed by atoms with Gasteiger partial charge in [0.2, 0.25) is 12.2 Å². The first kappa shape index (κ1) is 21.4. The lowest BCUT2D eigenvalue weighted by atomic mass is 10.2. The minimum Gasteiger partial charge on any atom is -0.355 e. The van der Waals surface area contributed by atoms with Crippen LogP contribution in [0, 0.1) is 11.3 Å². The van der Waals surface area contributed by atoms with Crippen molar-refractivity contribution in [1.82, 2.24) is 24.6 Å². The highest BCUT2D eigenvalue weighted by Crippen LogP contribution is 2.35. The summed E-state index contributed by atoms with van der Waals surface area (Å²) < 4.78 is 28.4. The van der Waals surface area contributed by atoms with Crippen LogP contribution in [0.5, 0.6) is 0 Å². The van der Waals surface area contributed by atoms with E-state index < -0.39 is 15.1 Å². The molecule has 33 heavy (non-hydrogen) atoms. The van der Waals surface area contributed by atoms with E-state index in [2.05, 4.69) is 15.1 Å². The lowest BCUT2D eigenvalue weighted by Gasteiger charge is -2.20. The van der Waals surface area contributed by atoms with Gasteiger partial charge in [0.1, 0.15) is 11.9 Å². The molecule has 2 aliphatic rings. The first-order valence-electron chi connectivity index (χ1n) is 10.2. The summed E-state index contributed by atoms with van der Waals surface area (Å²) in [7, 11) is -3.72. The van der Waals surface area contributed by atoms with E-state index in [-0.39, 0.29) is 22.3 Å². The molecule has 4 heterocycles. The molecule has 0 saturated carbocycles. The summed E-state index contributed by atoms with van der Waals surface area (Å²) in [5.74, 6) is 0.513. The van der Waals surface area contributed by atoms with E-state index in [0.717, 1.165) is 12.0 Å². The number of carbonyl (C=O) groups excluding carboxylic acids is 1. The number of amides is 1. The molecule has 10 nitrogen and oxygen atoms in total. The van der Waals surface area contributed by atoms with Crippen LogP contribution >= 0.6 is 11.6 Å². The monoisotopic (exact) mass is 483 g/mol. The Kier molecular flexibility index (Phi) is 5.26. The molecule has 0 spiro atoms. The van der Waals surface area contributed by atoms with Gasteiger partial charge in [-0.05, 0) is 30.7 Å². The third-order valence-corrected chi connectivity index (χ3v) is 8.56. The summed E-state index contributed by atoms with van der Waals surface area (Å²) in [4.78, 5) is 23.3. The maximum atomic E-state index is 13.4. The number of carbonyl (C=O) groups is 1. The van der Waals surface area contributed by atoms with E-state index in [1.54, 1.807) is 35.3 Å². The van der Waals surface area contributed by atoms with Crippen LogP contribution in [0.3, 0.4) is 0 Å². The minimum atomic E-state index is -3.72. The van der Waals surface area contributed by atoms with Crippen LogP contribution in [0.1, 0.15) is 23.5 Å². The number of nitriles is 1. The number of rotatable bonds is 5. The fourth-order valence-electron chi connectivity index (χ4n) is 4.29. The molecular formula is C21H18ClN7O3S. The summed E-state index contributed by atoms with van der Waals surface area (Å²) >= 11 is 6.38. The standard InChI is InChI=1S/C21H18ClN7O3S/c22-17-8-14(29-6-1-5-24-29)2-3-19(17)33(31,32)15-4-7-28(10-15)21-16-11-27(13-30)12-18(16)25-20(9-23)26-21/h1-3,5-6,8,13,15H,4,7,10-12H2/t15-/m0/s1. The normalized spacial score (nSPS) is 17.8. The average Bonchev–Trinajstić information content (AvgIpc) is 3.58. The highest BCUT2D eigenvalue weighted by atomic mass is 35.5. The van der Waals surface area contributed by atoms with Crippen molar-refractivity contribution in [2.45, 2.75) is 29.7 Å². The molecule has 0 N–H and O–H groups in total. The summed E-state index contributed by atoms with van der Waals surface area (Å²) in [6.45, 7) is 1.28. The molecule has 3 aromatic rings. The lowest BCUT2D eigenvalue weighted by Crippen LogP contribution is -2.29. The van der Waals surface area contributed by atoms with Gasteiger partial charge >= 0.3 is 0 Å². The minimum absolute atomic E-state index is 0.0000563. The smallest absolute Gasteiger partial charge is 0.234 e. The maximum absolute atomic E-state index is 13.4. The Morgan fingerprint density at radius 3 is 2.79 bits per heavy atom. The zero-order valence-electron chi connectivity index (χ0n) is 17.3. The van der Waals surface area contributed by atoms with E-state index in [1.807, 2.05) is 11.0 Å². The molecule has 2 aromatic heterocycles. The molecule has 1 saturated heterocycles.